The van der Waals surface area contributed by atoms with Crippen LogP contribution in [-0.2, 0) is 24.8 Å². The quantitative estimate of drug-likeness (QED) is 0.554. The molecule has 1 aliphatic rings. The van der Waals surface area contributed by atoms with E-state index in [9.17, 15) is 4.79 Å². The monoisotopic (exact) mass is 427 g/mol. The van der Waals surface area contributed by atoms with Gasteiger partial charge in [0.1, 0.15) is 5.82 Å². The van der Waals surface area contributed by atoms with Crippen LogP contribution in [0.15, 0.2) is 46.9 Å². The van der Waals surface area contributed by atoms with Crippen LogP contribution in [0, 0.1) is 0 Å². The molecule has 6 nitrogen and oxygen atoms in total. The van der Waals surface area contributed by atoms with Gasteiger partial charge in [-0.1, -0.05) is 30.0 Å². The van der Waals surface area contributed by atoms with Gasteiger partial charge in [-0.2, -0.15) is 0 Å². The zero-order valence-electron chi connectivity index (χ0n) is 16.5. The molecule has 4 rings (SSSR count). The number of aromatic nitrogens is 3. The average Bonchev–Trinajstić information content (AvgIpc) is 3.47. The number of nitrogens with one attached hydrogen (secondary N) is 1. The lowest BCUT2D eigenvalue weighted by Gasteiger charge is -2.14. The molecule has 1 saturated heterocycles. The predicted molar refractivity (Wildman–Crippen MR) is 118 cm³/mol. The predicted octanol–water partition coefficient (Wildman–Crippen LogP) is 3.79. The summed E-state index contributed by atoms with van der Waals surface area (Å²) in [5, 5.41) is 14.3. The maximum Gasteiger partial charge on any atom is 0.234 e. The van der Waals surface area contributed by atoms with Crippen molar-refractivity contribution in [3.63, 3.8) is 0 Å². The first-order valence-electron chi connectivity index (χ1n) is 9.82. The van der Waals surface area contributed by atoms with Crippen LogP contribution >= 0.6 is 23.1 Å². The number of benzene rings is 1. The number of amides is 1. The molecule has 1 N–H and O–H groups in total. The summed E-state index contributed by atoms with van der Waals surface area (Å²) in [6, 6.07) is 12.3. The van der Waals surface area contributed by atoms with E-state index in [0.717, 1.165) is 29.6 Å². The molecule has 0 spiro atoms. The third-order valence-electron chi connectivity index (χ3n) is 5.01. The van der Waals surface area contributed by atoms with Gasteiger partial charge in [0, 0.05) is 30.6 Å². The standard InChI is InChI=1S/C21H25N5OS2/c1-25-19(13-18-5-4-12-28-18)23-24-21(25)29-15-20(27)22-17-8-6-16(7-9-17)14-26-10-2-3-11-26/h4-9,12H,2-3,10-11,13-15H2,1H3,(H,22,27). The van der Waals surface area contributed by atoms with Gasteiger partial charge in [-0.05, 0) is 55.1 Å². The number of hydrogen-bond donors (Lipinski definition) is 1. The van der Waals surface area contributed by atoms with Gasteiger partial charge in [-0.15, -0.1) is 21.5 Å². The number of thioether (sulfide) groups is 1. The first-order valence-corrected chi connectivity index (χ1v) is 11.7. The van der Waals surface area contributed by atoms with Crippen molar-refractivity contribution in [2.75, 3.05) is 24.2 Å². The Morgan fingerprint density at radius 3 is 2.69 bits per heavy atom. The Balaban J connectivity index is 1.26. The van der Waals surface area contributed by atoms with Crippen LogP contribution in [0.2, 0.25) is 0 Å². The van der Waals surface area contributed by atoms with E-state index < -0.39 is 0 Å². The highest BCUT2D eigenvalue weighted by atomic mass is 32.2. The number of rotatable bonds is 8. The second-order valence-electron chi connectivity index (χ2n) is 7.23. The van der Waals surface area contributed by atoms with E-state index in [1.807, 2.05) is 29.8 Å². The molecule has 29 heavy (non-hydrogen) atoms. The number of likely N-dealkylation sites (tertiary alicyclic amines) is 1. The molecule has 0 bridgehead atoms. The minimum absolute atomic E-state index is 0.0369. The van der Waals surface area contributed by atoms with Gasteiger partial charge in [-0.25, -0.2) is 0 Å². The molecule has 1 aromatic carbocycles. The van der Waals surface area contributed by atoms with Gasteiger partial charge >= 0.3 is 0 Å². The van der Waals surface area contributed by atoms with Crippen LogP contribution in [-0.4, -0.2) is 44.4 Å². The molecule has 1 amide bonds. The second-order valence-corrected chi connectivity index (χ2v) is 9.21. The summed E-state index contributed by atoms with van der Waals surface area (Å²) in [7, 11) is 1.95. The van der Waals surface area contributed by atoms with Crippen molar-refractivity contribution in [1.82, 2.24) is 19.7 Å². The number of nitrogens with zero attached hydrogens (tertiary/aromatic N) is 4. The Labute approximate surface area is 179 Å². The average molecular weight is 428 g/mol. The molecular weight excluding hydrogens is 402 g/mol. The number of hydrogen-bond acceptors (Lipinski definition) is 6. The zero-order chi connectivity index (χ0) is 20.1. The van der Waals surface area contributed by atoms with E-state index in [-0.39, 0.29) is 5.91 Å². The number of thiophene rings is 1. The van der Waals surface area contributed by atoms with Crippen molar-refractivity contribution in [3.8, 4) is 0 Å². The Bertz CT molecular complexity index is 931. The van der Waals surface area contributed by atoms with Gasteiger partial charge in [-0.3, -0.25) is 9.69 Å². The summed E-state index contributed by atoms with van der Waals surface area (Å²) in [6.45, 7) is 3.36. The molecule has 0 aliphatic carbocycles. The third kappa shape index (κ3) is 5.46. The Kier molecular flexibility index (Phi) is 6.63. The second kappa shape index (κ2) is 9.56. The number of anilines is 1. The fraction of sp³-hybridized carbons (Fsp3) is 0.381. The van der Waals surface area contributed by atoms with E-state index >= 15 is 0 Å². The van der Waals surface area contributed by atoms with Crippen molar-refractivity contribution in [2.45, 2.75) is 31.0 Å². The summed E-state index contributed by atoms with van der Waals surface area (Å²) >= 11 is 3.12. The number of carbonyl (C=O) groups excluding carboxylic acids is 1. The highest BCUT2D eigenvalue weighted by Gasteiger charge is 2.13. The summed E-state index contributed by atoms with van der Waals surface area (Å²) in [4.78, 5) is 16.1. The van der Waals surface area contributed by atoms with Crippen LogP contribution in [0.3, 0.4) is 0 Å². The largest absolute Gasteiger partial charge is 0.325 e. The van der Waals surface area contributed by atoms with E-state index in [0.29, 0.717) is 5.75 Å². The first kappa shape index (κ1) is 20.1. The fourth-order valence-electron chi connectivity index (χ4n) is 3.41. The molecule has 1 aliphatic heterocycles. The molecule has 1 fully saturated rings. The van der Waals surface area contributed by atoms with Gasteiger partial charge in [0.25, 0.3) is 0 Å². The Morgan fingerprint density at radius 1 is 1.17 bits per heavy atom. The van der Waals surface area contributed by atoms with Gasteiger partial charge in [0.15, 0.2) is 5.16 Å². The molecule has 0 radical (unpaired) electrons. The van der Waals surface area contributed by atoms with Gasteiger partial charge in [0.2, 0.25) is 5.91 Å². The SMILES string of the molecule is Cn1c(Cc2cccs2)nnc1SCC(=O)Nc1ccc(CN2CCCC2)cc1. The summed E-state index contributed by atoms with van der Waals surface area (Å²) in [5.41, 5.74) is 2.12. The maximum absolute atomic E-state index is 12.3. The molecule has 2 aromatic heterocycles. The topological polar surface area (TPSA) is 63.1 Å². The van der Waals surface area contributed by atoms with Crippen LogP contribution in [0.25, 0.3) is 0 Å². The molecule has 0 unspecified atom stereocenters. The Morgan fingerprint density at radius 2 is 1.97 bits per heavy atom. The van der Waals surface area contributed by atoms with Crippen molar-refractivity contribution in [3.05, 3.63) is 58.0 Å². The van der Waals surface area contributed by atoms with E-state index in [1.165, 1.54) is 48.1 Å². The molecular formula is C21H25N5OS2. The van der Waals surface area contributed by atoms with Crippen molar-refractivity contribution in [1.29, 1.82) is 0 Å². The van der Waals surface area contributed by atoms with Crippen LogP contribution in [0.4, 0.5) is 5.69 Å². The fourth-order valence-corrected chi connectivity index (χ4v) is 4.84. The summed E-state index contributed by atoms with van der Waals surface area (Å²) < 4.78 is 1.96. The highest BCUT2D eigenvalue weighted by Crippen LogP contribution is 2.20. The Hall–Kier alpha value is -2.16. The third-order valence-corrected chi connectivity index (χ3v) is 6.91. The summed E-state index contributed by atoms with van der Waals surface area (Å²) in [5.74, 6) is 1.18. The van der Waals surface area contributed by atoms with Crippen molar-refractivity contribution in [2.24, 2.45) is 7.05 Å². The molecule has 0 atom stereocenters. The van der Waals surface area contributed by atoms with Crippen molar-refractivity contribution < 1.29 is 4.79 Å². The lowest BCUT2D eigenvalue weighted by Crippen LogP contribution is -2.18. The highest BCUT2D eigenvalue weighted by molar-refractivity contribution is 7.99. The maximum atomic E-state index is 12.3. The van der Waals surface area contributed by atoms with E-state index in [2.05, 4.69) is 44.0 Å². The minimum Gasteiger partial charge on any atom is -0.325 e. The van der Waals surface area contributed by atoms with E-state index in [4.69, 9.17) is 0 Å². The summed E-state index contributed by atoms with van der Waals surface area (Å²) in [6.07, 6.45) is 3.36. The molecule has 152 valence electrons. The van der Waals surface area contributed by atoms with Crippen LogP contribution in [0.5, 0.6) is 0 Å². The van der Waals surface area contributed by atoms with Gasteiger partial charge in [0.05, 0.1) is 5.75 Å². The molecule has 3 aromatic rings. The number of carbonyl (C=O) groups is 1. The van der Waals surface area contributed by atoms with Gasteiger partial charge < -0.3 is 9.88 Å². The first-order chi connectivity index (χ1) is 14.2. The lowest BCUT2D eigenvalue weighted by molar-refractivity contribution is -0.113. The normalized spacial score (nSPS) is 14.4. The van der Waals surface area contributed by atoms with Crippen LogP contribution in [0.1, 0.15) is 29.1 Å². The van der Waals surface area contributed by atoms with E-state index in [1.54, 1.807) is 11.3 Å². The van der Waals surface area contributed by atoms with Crippen LogP contribution < -0.4 is 5.32 Å². The lowest BCUT2D eigenvalue weighted by atomic mass is 10.2. The smallest absolute Gasteiger partial charge is 0.234 e. The molecule has 0 saturated carbocycles. The molecule has 8 heteroatoms. The zero-order valence-corrected chi connectivity index (χ0v) is 18.1. The van der Waals surface area contributed by atoms with Crippen molar-refractivity contribution >= 4 is 34.7 Å². The molecule has 3 heterocycles. The minimum atomic E-state index is -0.0369.